The summed E-state index contributed by atoms with van der Waals surface area (Å²) in [6, 6.07) is 10.4. The third-order valence-corrected chi connectivity index (χ3v) is 9.56. The first kappa shape index (κ1) is 28.5. The first-order valence-corrected chi connectivity index (χ1v) is 14.9. The number of carbonyl (C=O) groups is 1. The number of benzene rings is 2. The van der Waals surface area contributed by atoms with Crippen LogP contribution in [0, 0.1) is 0 Å². The van der Waals surface area contributed by atoms with Crippen molar-refractivity contribution in [2.24, 2.45) is 0 Å². The number of hydrogen-bond donors (Lipinski definition) is 0. The van der Waals surface area contributed by atoms with Crippen LogP contribution in [0.15, 0.2) is 30.3 Å². The number of ether oxygens (including phenoxy) is 4. The van der Waals surface area contributed by atoms with Crippen molar-refractivity contribution in [3.8, 4) is 23.0 Å². The van der Waals surface area contributed by atoms with E-state index >= 15 is 0 Å². The van der Waals surface area contributed by atoms with Gasteiger partial charge in [-0.3, -0.25) is 4.79 Å². The Morgan fingerprint density at radius 1 is 0.868 bits per heavy atom. The Morgan fingerprint density at radius 2 is 1.53 bits per heavy atom. The normalized spacial score (nSPS) is 16.5. The lowest BCUT2D eigenvalue weighted by Crippen LogP contribution is -2.35. The molecule has 0 aromatic heterocycles. The quantitative estimate of drug-likeness (QED) is 0.270. The molecule has 1 saturated carbocycles. The maximum Gasteiger partial charge on any atom is 0.222 e. The number of carbonyl (C=O) groups excluding carboxylic acids is 1. The van der Waals surface area contributed by atoms with Crippen molar-refractivity contribution in [2.75, 3.05) is 35.0 Å². The minimum Gasteiger partial charge on any atom is -0.493 e. The smallest absolute Gasteiger partial charge is 0.222 e. The van der Waals surface area contributed by atoms with Crippen LogP contribution in [0.4, 0.5) is 0 Å². The number of methoxy groups -OCH3 is 4. The van der Waals surface area contributed by atoms with Crippen LogP contribution in [0.1, 0.15) is 79.7 Å². The maximum atomic E-state index is 13.1. The molecule has 1 heterocycles. The van der Waals surface area contributed by atoms with E-state index in [1.54, 1.807) is 28.4 Å². The van der Waals surface area contributed by atoms with Gasteiger partial charge in [-0.05, 0) is 73.1 Å². The Hall–Kier alpha value is -2.54. The van der Waals surface area contributed by atoms with Crippen molar-refractivity contribution in [3.63, 3.8) is 0 Å². The van der Waals surface area contributed by atoms with Crippen LogP contribution in [-0.2, 0) is 17.8 Å². The van der Waals surface area contributed by atoms with Crippen LogP contribution in [-0.4, -0.2) is 51.0 Å². The Morgan fingerprint density at radius 3 is 2.21 bits per heavy atom. The lowest BCUT2D eigenvalue weighted by molar-refractivity contribution is -0.132. The Kier molecular flexibility index (Phi) is 10.5. The van der Waals surface area contributed by atoms with Gasteiger partial charge in [-0.2, -0.15) is 11.8 Å². The summed E-state index contributed by atoms with van der Waals surface area (Å²) in [5.41, 5.74) is 3.69. The van der Waals surface area contributed by atoms with Gasteiger partial charge in [0.1, 0.15) is 0 Å². The number of nitrogens with zero attached hydrogens (tertiary/aromatic N) is 1. The van der Waals surface area contributed by atoms with Gasteiger partial charge < -0.3 is 23.8 Å². The summed E-state index contributed by atoms with van der Waals surface area (Å²) < 4.78 is 22.0. The second-order valence-corrected chi connectivity index (χ2v) is 11.8. The van der Waals surface area contributed by atoms with E-state index in [1.165, 1.54) is 43.2 Å². The molecule has 7 heteroatoms. The van der Waals surface area contributed by atoms with Crippen LogP contribution in [0.3, 0.4) is 0 Å². The molecule has 2 aromatic carbocycles. The molecule has 6 nitrogen and oxygen atoms in total. The number of unbranched alkanes of at least 4 members (excludes halogenated alkanes) is 1. The number of fused-ring (bicyclic) bond motifs is 1. The van der Waals surface area contributed by atoms with Crippen LogP contribution >= 0.6 is 11.8 Å². The van der Waals surface area contributed by atoms with Crippen molar-refractivity contribution in [3.05, 3.63) is 47.0 Å². The molecule has 0 bridgehead atoms. The van der Waals surface area contributed by atoms with Gasteiger partial charge in [-0.1, -0.05) is 31.7 Å². The summed E-state index contributed by atoms with van der Waals surface area (Å²) >= 11 is 2.12. The van der Waals surface area contributed by atoms with Gasteiger partial charge in [0.25, 0.3) is 0 Å². The summed E-state index contributed by atoms with van der Waals surface area (Å²) in [4.78, 5) is 15.1. The highest BCUT2D eigenvalue weighted by Crippen LogP contribution is 2.43. The van der Waals surface area contributed by atoms with Gasteiger partial charge in [0.15, 0.2) is 23.0 Å². The number of hydrogen-bond acceptors (Lipinski definition) is 6. The highest BCUT2D eigenvalue weighted by molar-refractivity contribution is 8.00. The Bertz CT molecular complexity index is 1070. The highest BCUT2D eigenvalue weighted by Gasteiger charge is 2.24. The minimum absolute atomic E-state index is 0.244. The minimum atomic E-state index is 0.244. The third-order valence-electron chi connectivity index (χ3n) is 7.87. The van der Waals surface area contributed by atoms with Crippen molar-refractivity contribution in [2.45, 2.75) is 81.3 Å². The molecule has 1 aliphatic heterocycles. The molecule has 1 fully saturated rings. The van der Waals surface area contributed by atoms with Gasteiger partial charge in [0.2, 0.25) is 5.91 Å². The number of amides is 1. The lowest BCUT2D eigenvalue weighted by atomic mass is 9.98. The second kappa shape index (κ2) is 14.0. The van der Waals surface area contributed by atoms with E-state index in [2.05, 4.69) is 23.9 Å². The summed E-state index contributed by atoms with van der Waals surface area (Å²) in [7, 11) is 6.68. The van der Waals surface area contributed by atoms with Gasteiger partial charge in [0.05, 0.1) is 28.4 Å². The van der Waals surface area contributed by atoms with Gasteiger partial charge in [-0.25, -0.2) is 0 Å². The summed E-state index contributed by atoms with van der Waals surface area (Å²) in [5.74, 6) is 3.27. The summed E-state index contributed by atoms with van der Waals surface area (Å²) in [6.07, 6.45) is 11.1. The predicted molar refractivity (Wildman–Crippen MR) is 154 cm³/mol. The monoisotopic (exact) mass is 541 g/mol. The predicted octanol–water partition coefficient (Wildman–Crippen LogP) is 6.97. The zero-order valence-electron chi connectivity index (χ0n) is 23.4. The molecule has 2 aliphatic rings. The van der Waals surface area contributed by atoms with E-state index in [4.69, 9.17) is 18.9 Å². The van der Waals surface area contributed by atoms with E-state index in [0.29, 0.717) is 23.5 Å². The topological polar surface area (TPSA) is 57.2 Å². The maximum absolute atomic E-state index is 13.1. The average molecular weight is 542 g/mol. The van der Waals surface area contributed by atoms with E-state index in [9.17, 15) is 4.79 Å². The number of rotatable bonds is 12. The molecule has 1 amide bonds. The van der Waals surface area contributed by atoms with E-state index in [0.717, 1.165) is 60.8 Å². The summed E-state index contributed by atoms with van der Waals surface area (Å²) in [5, 5.41) is 1.12. The standard InChI is InChI=1S/C31H43NO5S/c1-34-26-15-14-23(19-27(26)35-2)30(38-25-10-6-5-7-11-25)12-8-9-13-31(33)32-17-16-22-18-28(36-3)29(37-4)20-24(22)21-32/h14-15,18-20,25,30H,5-13,16-17,21H2,1-4H3. The second-order valence-electron chi connectivity index (χ2n) is 10.3. The fourth-order valence-corrected chi connectivity index (χ4v) is 7.34. The van der Waals surface area contributed by atoms with Crippen molar-refractivity contribution >= 4 is 17.7 Å². The van der Waals surface area contributed by atoms with Crippen LogP contribution in [0.2, 0.25) is 0 Å². The molecule has 0 saturated heterocycles. The largest absolute Gasteiger partial charge is 0.493 e. The SMILES string of the molecule is COc1ccc(C(CCCCC(=O)N2CCc3cc(OC)c(OC)cc3C2)SC2CCCCC2)cc1OC. The van der Waals surface area contributed by atoms with E-state index < -0.39 is 0 Å². The van der Waals surface area contributed by atoms with Crippen molar-refractivity contribution < 1.29 is 23.7 Å². The molecule has 2 aromatic rings. The fourth-order valence-electron chi connectivity index (χ4n) is 5.66. The first-order chi connectivity index (χ1) is 18.6. The van der Waals surface area contributed by atoms with Crippen molar-refractivity contribution in [1.29, 1.82) is 0 Å². The zero-order valence-corrected chi connectivity index (χ0v) is 24.2. The molecular formula is C31H43NO5S. The van der Waals surface area contributed by atoms with Crippen molar-refractivity contribution in [1.82, 2.24) is 4.90 Å². The molecule has 4 rings (SSSR count). The first-order valence-electron chi connectivity index (χ1n) is 13.9. The summed E-state index contributed by atoms with van der Waals surface area (Å²) in [6.45, 7) is 1.40. The third kappa shape index (κ3) is 7.10. The molecule has 1 atom stereocenters. The Balaban J connectivity index is 1.34. The molecule has 0 radical (unpaired) electrons. The molecule has 38 heavy (non-hydrogen) atoms. The van der Waals surface area contributed by atoms with Gasteiger partial charge in [-0.15, -0.1) is 0 Å². The Labute approximate surface area is 232 Å². The van der Waals surface area contributed by atoms with E-state index in [-0.39, 0.29) is 5.91 Å². The molecular weight excluding hydrogens is 498 g/mol. The fraction of sp³-hybridized carbons (Fsp3) is 0.581. The molecule has 0 N–H and O–H groups in total. The zero-order chi connectivity index (χ0) is 26.9. The highest BCUT2D eigenvalue weighted by atomic mass is 32.2. The molecule has 208 valence electrons. The van der Waals surface area contributed by atoms with Crippen LogP contribution in [0.5, 0.6) is 23.0 Å². The van der Waals surface area contributed by atoms with Crippen LogP contribution < -0.4 is 18.9 Å². The van der Waals surface area contributed by atoms with Gasteiger partial charge in [0, 0.05) is 30.0 Å². The molecule has 1 unspecified atom stereocenters. The number of thioether (sulfide) groups is 1. The molecule has 0 spiro atoms. The molecule has 1 aliphatic carbocycles. The lowest BCUT2D eigenvalue weighted by Gasteiger charge is -2.30. The van der Waals surface area contributed by atoms with Crippen LogP contribution in [0.25, 0.3) is 0 Å². The average Bonchev–Trinajstić information content (AvgIpc) is 2.97. The van der Waals surface area contributed by atoms with Gasteiger partial charge >= 0.3 is 0 Å². The van der Waals surface area contributed by atoms with E-state index in [1.807, 2.05) is 23.1 Å².